The van der Waals surface area contributed by atoms with Crippen LogP contribution in [0.3, 0.4) is 0 Å². The second-order valence-electron chi connectivity index (χ2n) is 8.12. The summed E-state index contributed by atoms with van der Waals surface area (Å²) >= 11 is 0. The number of nitrogens with one attached hydrogen (secondary N) is 2. The summed E-state index contributed by atoms with van der Waals surface area (Å²) < 4.78 is 5.11. The Balaban J connectivity index is 2.34. The summed E-state index contributed by atoms with van der Waals surface area (Å²) in [7, 11) is -0.547. The number of benzene rings is 2. The summed E-state index contributed by atoms with van der Waals surface area (Å²) in [6.45, 7) is 9.29. The fourth-order valence-electron chi connectivity index (χ4n) is 3.06. The van der Waals surface area contributed by atoms with Crippen LogP contribution in [-0.4, -0.2) is 41.6 Å². The third kappa shape index (κ3) is 6.23. The topological polar surface area (TPSA) is 115 Å². The van der Waals surface area contributed by atoms with Crippen molar-refractivity contribution in [3.8, 4) is 11.8 Å². The number of nitriles is 1. The molecule has 0 spiro atoms. The van der Waals surface area contributed by atoms with Crippen LogP contribution in [0.5, 0.6) is 5.75 Å². The predicted octanol–water partition coefficient (Wildman–Crippen LogP) is 2.46. The van der Waals surface area contributed by atoms with Gasteiger partial charge in [0.05, 0.1) is 17.3 Å². The Bertz CT molecular complexity index is 991. The van der Waals surface area contributed by atoms with Crippen molar-refractivity contribution in [1.82, 2.24) is 10.4 Å². The molecule has 0 heterocycles. The number of amides is 2. The molecule has 2 rings (SSSR count). The molecule has 0 saturated carbocycles. The smallest absolute Gasteiger partial charge is 0.504 e. The molecule has 2 aromatic rings. The zero-order valence-corrected chi connectivity index (χ0v) is 18.4. The number of hydrazine groups is 1. The van der Waals surface area contributed by atoms with Crippen LogP contribution in [0.25, 0.3) is 0 Å². The lowest BCUT2D eigenvalue weighted by Crippen LogP contribution is -2.55. The summed E-state index contributed by atoms with van der Waals surface area (Å²) in [5.74, 6) is -0.521. The van der Waals surface area contributed by atoms with E-state index in [2.05, 4.69) is 10.7 Å². The number of carbonyl (C=O) groups is 2. The molecule has 8 nitrogen and oxygen atoms in total. The van der Waals surface area contributed by atoms with Gasteiger partial charge in [0.15, 0.2) is 0 Å². The van der Waals surface area contributed by atoms with Crippen LogP contribution in [0, 0.1) is 25.2 Å². The van der Waals surface area contributed by atoms with Gasteiger partial charge in [-0.2, -0.15) is 5.26 Å². The van der Waals surface area contributed by atoms with Gasteiger partial charge in [-0.15, -0.1) is 0 Å². The molecular formula is C22H27BN4O4. The second kappa shape index (κ2) is 10.0. The van der Waals surface area contributed by atoms with E-state index < -0.39 is 19.1 Å². The number of nitrogens with zero attached hydrogens (tertiary/aromatic N) is 2. The molecule has 2 aromatic carbocycles. The second-order valence-corrected chi connectivity index (χ2v) is 8.12. The Hall–Kier alpha value is -3.51. The molecule has 3 N–H and O–H groups in total. The molecule has 0 aromatic heterocycles. The van der Waals surface area contributed by atoms with Crippen molar-refractivity contribution in [1.29, 1.82) is 5.26 Å². The van der Waals surface area contributed by atoms with Gasteiger partial charge in [-0.1, -0.05) is 17.2 Å². The van der Waals surface area contributed by atoms with Gasteiger partial charge >= 0.3 is 7.69 Å². The number of hydrogen-bond donors (Lipinski definition) is 3. The van der Waals surface area contributed by atoms with Gasteiger partial charge in [0.2, 0.25) is 0 Å². The van der Waals surface area contributed by atoms with E-state index in [0.29, 0.717) is 17.0 Å². The van der Waals surface area contributed by atoms with Crippen LogP contribution < -0.4 is 15.4 Å². The van der Waals surface area contributed by atoms with Gasteiger partial charge in [-0.3, -0.25) is 15.0 Å². The van der Waals surface area contributed by atoms with Gasteiger partial charge < -0.3 is 15.0 Å². The largest absolute Gasteiger partial charge is 0.537 e. The van der Waals surface area contributed by atoms with Crippen molar-refractivity contribution < 1.29 is 19.3 Å². The standard InChI is InChI=1S/C22H27BN4O4/c1-14-10-15(2)12-17(11-14)21(29)27(22(3,4)5)26-20(28)16-6-7-19(31-23-30)18(13-16)25-9-8-24/h6-7,10-13,23,25,30H,9H2,1-5H3,(H,26,28). The van der Waals surface area contributed by atoms with Crippen molar-refractivity contribution >= 4 is 25.2 Å². The normalized spacial score (nSPS) is 10.6. The van der Waals surface area contributed by atoms with Crippen LogP contribution in [0.1, 0.15) is 52.6 Å². The monoisotopic (exact) mass is 422 g/mol. The highest BCUT2D eigenvalue weighted by Crippen LogP contribution is 2.26. The van der Waals surface area contributed by atoms with E-state index in [1.54, 1.807) is 12.1 Å². The fraction of sp³-hybridized carbons (Fsp3) is 0.318. The van der Waals surface area contributed by atoms with E-state index in [0.717, 1.165) is 11.1 Å². The molecule has 0 saturated heterocycles. The number of aryl methyl sites for hydroxylation is 2. The maximum atomic E-state index is 13.2. The van der Waals surface area contributed by atoms with Gasteiger partial charge in [-0.05, 0) is 65.0 Å². The first kappa shape index (κ1) is 23.8. The van der Waals surface area contributed by atoms with Crippen LogP contribution in [0.15, 0.2) is 36.4 Å². The first-order chi connectivity index (χ1) is 14.6. The molecule has 0 aliphatic rings. The van der Waals surface area contributed by atoms with Gasteiger partial charge in [-0.25, -0.2) is 5.01 Å². The molecular weight excluding hydrogens is 395 g/mol. The van der Waals surface area contributed by atoms with Gasteiger partial charge in [0.25, 0.3) is 11.8 Å². The summed E-state index contributed by atoms with van der Waals surface area (Å²) in [6, 6.07) is 12.0. The highest BCUT2D eigenvalue weighted by Gasteiger charge is 2.30. The zero-order valence-electron chi connectivity index (χ0n) is 18.4. The van der Waals surface area contributed by atoms with Gasteiger partial charge in [0, 0.05) is 11.1 Å². The minimum Gasteiger partial charge on any atom is -0.537 e. The molecule has 0 aliphatic heterocycles. The van der Waals surface area contributed by atoms with Crippen molar-refractivity contribution in [3.63, 3.8) is 0 Å². The van der Waals surface area contributed by atoms with Crippen LogP contribution >= 0.6 is 0 Å². The van der Waals surface area contributed by atoms with Gasteiger partial charge in [0.1, 0.15) is 12.3 Å². The average molecular weight is 422 g/mol. The highest BCUT2D eigenvalue weighted by atomic mass is 16.5. The molecule has 0 radical (unpaired) electrons. The Morgan fingerprint density at radius 1 is 1.13 bits per heavy atom. The first-order valence-corrected chi connectivity index (χ1v) is 9.79. The molecule has 0 aliphatic carbocycles. The van der Waals surface area contributed by atoms with E-state index in [-0.39, 0.29) is 18.0 Å². The molecule has 0 bridgehead atoms. The minimum atomic E-state index is -0.688. The Labute approximate surface area is 183 Å². The fourth-order valence-corrected chi connectivity index (χ4v) is 3.06. The Morgan fingerprint density at radius 3 is 2.32 bits per heavy atom. The summed E-state index contributed by atoms with van der Waals surface area (Å²) in [5, 5.41) is 22.0. The first-order valence-electron chi connectivity index (χ1n) is 9.79. The molecule has 162 valence electrons. The summed E-state index contributed by atoms with van der Waals surface area (Å²) in [6.07, 6.45) is 0. The Kier molecular flexibility index (Phi) is 7.67. The molecule has 9 heteroatoms. The van der Waals surface area contributed by atoms with Crippen LogP contribution in [0.4, 0.5) is 5.69 Å². The maximum absolute atomic E-state index is 13.2. The minimum absolute atomic E-state index is 0.00777. The van der Waals surface area contributed by atoms with Crippen LogP contribution in [0.2, 0.25) is 0 Å². The molecule has 31 heavy (non-hydrogen) atoms. The van der Waals surface area contributed by atoms with E-state index in [9.17, 15) is 9.59 Å². The van der Waals surface area contributed by atoms with Crippen molar-refractivity contribution in [2.75, 3.05) is 11.9 Å². The van der Waals surface area contributed by atoms with Crippen molar-refractivity contribution in [2.24, 2.45) is 0 Å². The predicted molar refractivity (Wildman–Crippen MR) is 120 cm³/mol. The van der Waals surface area contributed by atoms with Crippen molar-refractivity contribution in [3.05, 3.63) is 58.7 Å². The van der Waals surface area contributed by atoms with E-state index in [1.165, 1.54) is 23.2 Å². The zero-order chi connectivity index (χ0) is 23.2. The lowest BCUT2D eigenvalue weighted by Gasteiger charge is -2.35. The third-order valence-corrected chi connectivity index (χ3v) is 4.38. The lowest BCUT2D eigenvalue weighted by atomic mass is 10.0. The number of carbonyl (C=O) groups excluding carboxylic acids is 2. The Morgan fingerprint density at radius 2 is 1.77 bits per heavy atom. The van der Waals surface area contributed by atoms with Crippen molar-refractivity contribution in [2.45, 2.75) is 40.2 Å². The number of rotatable bonds is 6. The highest BCUT2D eigenvalue weighted by molar-refractivity contribution is 6.17. The SMILES string of the molecule is Cc1cc(C)cc(C(=O)N(NC(=O)c2ccc(OBO)c(NCC#N)c2)C(C)(C)C)c1. The molecule has 0 atom stereocenters. The lowest BCUT2D eigenvalue weighted by molar-refractivity contribution is 0.0358. The molecule has 0 unspecified atom stereocenters. The molecule has 2 amide bonds. The molecule has 0 fully saturated rings. The maximum Gasteiger partial charge on any atom is 0.504 e. The number of hydrogen-bond acceptors (Lipinski definition) is 6. The quantitative estimate of drug-likeness (QED) is 0.374. The van der Waals surface area contributed by atoms with Crippen LogP contribution in [-0.2, 0) is 0 Å². The van der Waals surface area contributed by atoms with E-state index in [4.69, 9.17) is 14.9 Å². The van der Waals surface area contributed by atoms with E-state index in [1.807, 2.05) is 46.8 Å². The number of anilines is 1. The summed E-state index contributed by atoms with van der Waals surface area (Å²) in [5.41, 5.74) is 5.05. The summed E-state index contributed by atoms with van der Waals surface area (Å²) in [4.78, 5) is 26.2. The average Bonchev–Trinajstić information content (AvgIpc) is 2.69. The third-order valence-electron chi connectivity index (χ3n) is 4.38. The van der Waals surface area contributed by atoms with E-state index >= 15 is 0 Å².